The highest BCUT2D eigenvalue weighted by atomic mass is 16.3. The molecule has 2 aromatic rings. The molecule has 2 heteroatoms. The third kappa shape index (κ3) is 3.88. The standard InChI is InChI=1S/C19H29NO/c1-5-7-8-11-14(3)20-15(4)19-16(6-2)17-12-9-10-13-18(17)21-19/h9-10,12-15,20H,5-8,11H2,1-4H3. The van der Waals surface area contributed by atoms with E-state index < -0.39 is 0 Å². The van der Waals surface area contributed by atoms with Gasteiger partial charge in [-0.05, 0) is 32.8 Å². The highest BCUT2D eigenvalue weighted by Gasteiger charge is 2.19. The van der Waals surface area contributed by atoms with Crippen LogP contribution in [0.1, 0.15) is 70.7 Å². The van der Waals surface area contributed by atoms with E-state index in [9.17, 15) is 0 Å². The smallest absolute Gasteiger partial charge is 0.134 e. The quantitative estimate of drug-likeness (QED) is 0.638. The SMILES string of the molecule is CCCCCC(C)NC(C)c1oc2ccccc2c1CC. The number of para-hydroxylation sites is 1. The van der Waals surface area contributed by atoms with Crippen molar-refractivity contribution >= 4 is 11.0 Å². The van der Waals surface area contributed by atoms with Crippen LogP contribution in [0.2, 0.25) is 0 Å². The van der Waals surface area contributed by atoms with Crippen LogP contribution in [0, 0.1) is 0 Å². The number of benzene rings is 1. The summed E-state index contributed by atoms with van der Waals surface area (Å²) in [6.45, 7) is 8.95. The van der Waals surface area contributed by atoms with Gasteiger partial charge in [0.15, 0.2) is 0 Å². The third-order valence-electron chi connectivity index (χ3n) is 4.25. The third-order valence-corrected chi connectivity index (χ3v) is 4.25. The Balaban J connectivity index is 2.10. The Kier molecular flexibility index (Phi) is 5.86. The van der Waals surface area contributed by atoms with Gasteiger partial charge in [0, 0.05) is 17.0 Å². The van der Waals surface area contributed by atoms with Crippen molar-refractivity contribution in [3.05, 3.63) is 35.6 Å². The number of furan rings is 1. The largest absolute Gasteiger partial charge is 0.459 e. The van der Waals surface area contributed by atoms with E-state index in [0.717, 1.165) is 17.8 Å². The van der Waals surface area contributed by atoms with Crippen molar-refractivity contribution < 1.29 is 4.42 Å². The molecule has 0 radical (unpaired) electrons. The van der Waals surface area contributed by atoms with Gasteiger partial charge in [0.1, 0.15) is 11.3 Å². The van der Waals surface area contributed by atoms with Crippen molar-refractivity contribution in [1.29, 1.82) is 0 Å². The van der Waals surface area contributed by atoms with E-state index in [1.54, 1.807) is 0 Å². The fourth-order valence-electron chi connectivity index (χ4n) is 3.12. The van der Waals surface area contributed by atoms with Gasteiger partial charge in [0.05, 0.1) is 6.04 Å². The maximum absolute atomic E-state index is 6.12. The van der Waals surface area contributed by atoms with Gasteiger partial charge in [-0.25, -0.2) is 0 Å². The maximum Gasteiger partial charge on any atom is 0.134 e. The number of hydrogen-bond acceptors (Lipinski definition) is 2. The zero-order valence-electron chi connectivity index (χ0n) is 13.9. The molecule has 2 nitrogen and oxygen atoms in total. The molecule has 0 saturated heterocycles. The van der Waals surface area contributed by atoms with Gasteiger partial charge in [-0.3, -0.25) is 0 Å². The van der Waals surface area contributed by atoms with E-state index in [1.807, 2.05) is 6.07 Å². The average molecular weight is 287 g/mol. The van der Waals surface area contributed by atoms with E-state index in [-0.39, 0.29) is 6.04 Å². The highest BCUT2D eigenvalue weighted by molar-refractivity contribution is 5.82. The average Bonchev–Trinajstić information content (AvgIpc) is 2.86. The molecule has 1 heterocycles. The Bertz CT molecular complexity index is 558. The molecular weight excluding hydrogens is 258 g/mol. The van der Waals surface area contributed by atoms with Crippen molar-refractivity contribution in [1.82, 2.24) is 5.32 Å². The predicted octanol–water partition coefficient (Wildman–Crippen LogP) is 5.61. The van der Waals surface area contributed by atoms with Crippen LogP contribution < -0.4 is 5.32 Å². The first kappa shape index (κ1) is 16.1. The summed E-state index contributed by atoms with van der Waals surface area (Å²) in [6.07, 6.45) is 6.16. The first-order chi connectivity index (χ1) is 10.2. The summed E-state index contributed by atoms with van der Waals surface area (Å²) in [5.74, 6) is 1.11. The van der Waals surface area contributed by atoms with Gasteiger partial charge in [0.25, 0.3) is 0 Å². The first-order valence-corrected chi connectivity index (χ1v) is 8.43. The molecule has 2 unspecified atom stereocenters. The minimum Gasteiger partial charge on any atom is -0.459 e. The summed E-state index contributed by atoms with van der Waals surface area (Å²) in [7, 11) is 0. The van der Waals surface area contributed by atoms with Crippen LogP contribution in [0.15, 0.2) is 28.7 Å². The molecule has 1 aromatic heterocycles. The molecular formula is C19H29NO. The molecule has 0 fully saturated rings. The van der Waals surface area contributed by atoms with Gasteiger partial charge < -0.3 is 9.73 Å². The molecule has 0 spiro atoms. The highest BCUT2D eigenvalue weighted by Crippen LogP contribution is 2.30. The van der Waals surface area contributed by atoms with Crippen LogP contribution in [0.25, 0.3) is 11.0 Å². The number of hydrogen-bond donors (Lipinski definition) is 1. The minimum atomic E-state index is 0.268. The van der Waals surface area contributed by atoms with Crippen LogP contribution in [0.5, 0.6) is 0 Å². The lowest BCUT2D eigenvalue weighted by Crippen LogP contribution is -2.29. The molecule has 1 N–H and O–H groups in total. The Hall–Kier alpha value is -1.28. The number of nitrogens with one attached hydrogen (secondary N) is 1. The molecule has 1 aromatic carbocycles. The van der Waals surface area contributed by atoms with E-state index in [1.165, 1.54) is 36.6 Å². The summed E-state index contributed by atoms with van der Waals surface area (Å²) < 4.78 is 6.12. The Morgan fingerprint density at radius 3 is 2.57 bits per heavy atom. The summed E-state index contributed by atoms with van der Waals surface area (Å²) >= 11 is 0. The van der Waals surface area contributed by atoms with Crippen LogP contribution in [-0.2, 0) is 6.42 Å². The maximum atomic E-state index is 6.12. The topological polar surface area (TPSA) is 25.2 Å². The van der Waals surface area contributed by atoms with Crippen molar-refractivity contribution in [2.24, 2.45) is 0 Å². The first-order valence-electron chi connectivity index (χ1n) is 8.43. The second kappa shape index (κ2) is 7.65. The zero-order valence-corrected chi connectivity index (χ0v) is 13.9. The Morgan fingerprint density at radius 2 is 1.86 bits per heavy atom. The molecule has 2 rings (SSSR count). The lowest BCUT2D eigenvalue weighted by Gasteiger charge is -2.19. The van der Waals surface area contributed by atoms with Gasteiger partial charge in [-0.2, -0.15) is 0 Å². The van der Waals surface area contributed by atoms with Crippen molar-refractivity contribution in [2.45, 2.75) is 71.9 Å². The van der Waals surface area contributed by atoms with Gasteiger partial charge in [-0.1, -0.05) is 51.3 Å². The van der Waals surface area contributed by atoms with Crippen LogP contribution in [0.3, 0.4) is 0 Å². The minimum absolute atomic E-state index is 0.268. The van der Waals surface area contributed by atoms with E-state index in [2.05, 4.69) is 51.2 Å². The van der Waals surface area contributed by atoms with Crippen LogP contribution >= 0.6 is 0 Å². The van der Waals surface area contributed by atoms with Crippen molar-refractivity contribution in [2.75, 3.05) is 0 Å². The molecule has 0 aliphatic carbocycles. The fourth-order valence-corrected chi connectivity index (χ4v) is 3.12. The Labute approximate surface area is 128 Å². The number of fused-ring (bicyclic) bond motifs is 1. The molecule has 0 aliphatic heterocycles. The molecule has 21 heavy (non-hydrogen) atoms. The van der Waals surface area contributed by atoms with E-state index >= 15 is 0 Å². The molecule has 116 valence electrons. The summed E-state index contributed by atoms with van der Waals surface area (Å²) in [6, 6.07) is 9.16. The second-order valence-corrected chi connectivity index (χ2v) is 6.08. The molecule has 0 bridgehead atoms. The summed E-state index contributed by atoms with van der Waals surface area (Å²) in [5.41, 5.74) is 2.36. The van der Waals surface area contributed by atoms with Crippen molar-refractivity contribution in [3.8, 4) is 0 Å². The lowest BCUT2D eigenvalue weighted by atomic mass is 10.0. The van der Waals surface area contributed by atoms with Gasteiger partial charge >= 0.3 is 0 Å². The molecule has 2 atom stereocenters. The summed E-state index contributed by atoms with van der Waals surface area (Å²) in [4.78, 5) is 0. The lowest BCUT2D eigenvalue weighted by molar-refractivity contribution is 0.389. The van der Waals surface area contributed by atoms with Gasteiger partial charge in [0.2, 0.25) is 0 Å². The molecule has 0 aliphatic rings. The summed E-state index contributed by atoms with van der Waals surface area (Å²) in [5, 5.41) is 4.96. The second-order valence-electron chi connectivity index (χ2n) is 6.08. The number of aryl methyl sites for hydroxylation is 1. The van der Waals surface area contributed by atoms with E-state index in [0.29, 0.717) is 6.04 Å². The fraction of sp³-hybridized carbons (Fsp3) is 0.579. The monoisotopic (exact) mass is 287 g/mol. The normalized spacial score (nSPS) is 14.5. The molecule has 0 amide bonds. The van der Waals surface area contributed by atoms with Crippen LogP contribution in [-0.4, -0.2) is 6.04 Å². The number of unbranched alkanes of at least 4 members (excludes halogenated alkanes) is 2. The van der Waals surface area contributed by atoms with Crippen LogP contribution in [0.4, 0.5) is 0 Å². The Morgan fingerprint density at radius 1 is 1.10 bits per heavy atom. The van der Waals surface area contributed by atoms with Crippen molar-refractivity contribution in [3.63, 3.8) is 0 Å². The number of rotatable bonds is 8. The van der Waals surface area contributed by atoms with Gasteiger partial charge in [-0.15, -0.1) is 0 Å². The zero-order chi connectivity index (χ0) is 15.2. The molecule has 0 saturated carbocycles. The predicted molar refractivity (Wildman–Crippen MR) is 90.7 cm³/mol. The van der Waals surface area contributed by atoms with E-state index in [4.69, 9.17) is 4.42 Å².